The van der Waals surface area contributed by atoms with Gasteiger partial charge in [0.05, 0.1) is 17.5 Å². The molecule has 1 N–H and O–H groups in total. The molecule has 202 valence electrons. The smallest absolute Gasteiger partial charge is 0.243 e. The molecule has 3 aromatic rings. The summed E-state index contributed by atoms with van der Waals surface area (Å²) in [5.74, 6) is -0.974. The van der Waals surface area contributed by atoms with Crippen LogP contribution < -0.4 is 5.32 Å². The van der Waals surface area contributed by atoms with Gasteiger partial charge < -0.3 is 15.0 Å². The third kappa shape index (κ3) is 6.29. The second-order valence-electron chi connectivity index (χ2n) is 8.98. The molecule has 0 radical (unpaired) electrons. The Labute approximate surface area is 226 Å². The van der Waals surface area contributed by atoms with Crippen molar-refractivity contribution in [1.82, 2.24) is 9.21 Å². The van der Waals surface area contributed by atoms with Crippen LogP contribution in [0.15, 0.2) is 64.9 Å². The molecule has 0 saturated carbocycles. The minimum Gasteiger partial charge on any atom is -0.385 e. The lowest BCUT2D eigenvalue weighted by Crippen LogP contribution is -2.47. The minimum absolute atomic E-state index is 0.0191. The molecule has 0 saturated heterocycles. The van der Waals surface area contributed by atoms with E-state index in [1.807, 2.05) is 11.4 Å². The van der Waals surface area contributed by atoms with E-state index in [0.717, 1.165) is 16.0 Å². The van der Waals surface area contributed by atoms with E-state index < -0.39 is 16.1 Å². The molecule has 1 aliphatic heterocycles. The lowest BCUT2D eigenvalue weighted by molar-refractivity contribution is -0.133. The fourth-order valence-corrected chi connectivity index (χ4v) is 6.90. The fourth-order valence-electron chi connectivity index (χ4n) is 4.56. The zero-order chi connectivity index (χ0) is 27.3. The van der Waals surface area contributed by atoms with E-state index in [4.69, 9.17) is 4.74 Å². The Kier molecular flexibility index (Phi) is 8.93. The summed E-state index contributed by atoms with van der Waals surface area (Å²) in [4.78, 5) is 27.9. The maximum absolute atomic E-state index is 13.7. The highest BCUT2D eigenvalue weighted by Crippen LogP contribution is 2.38. The van der Waals surface area contributed by atoms with Crippen molar-refractivity contribution in [3.63, 3.8) is 0 Å². The second-order valence-corrected chi connectivity index (χ2v) is 11.9. The standard InChI is InChI=1S/C27H30FN3O5S2/c1-19(32)29-22-8-10-23(11-9-22)38(34,35)30(14-3-16-36-2)18-26(33)31-15-12-25-24(13-17-37-25)27(31)20-4-6-21(28)7-5-20/h4-11,13,17,27H,3,12,14-16,18H2,1-2H3,(H,29,32). The summed E-state index contributed by atoms with van der Waals surface area (Å²) in [6.45, 7) is 1.87. The van der Waals surface area contributed by atoms with Gasteiger partial charge in [0.15, 0.2) is 0 Å². The van der Waals surface area contributed by atoms with Crippen LogP contribution in [0.2, 0.25) is 0 Å². The minimum atomic E-state index is -4.03. The molecule has 1 aliphatic rings. The molecule has 1 atom stereocenters. The quantitative estimate of drug-likeness (QED) is 0.378. The fraction of sp³-hybridized carbons (Fsp3) is 0.333. The van der Waals surface area contributed by atoms with Crippen molar-refractivity contribution >= 4 is 38.9 Å². The SMILES string of the molecule is COCCCN(CC(=O)N1CCc2sccc2C1c1ccc(F)cc1)S(=O)(=O)c1ccc(NC(C)=O)cc1. The number of sulfonamides is 1. The molecule has 8 nitrogen and oxygen atoms in total. The molecule has 4 rings (SSSR count). The van der Waals surface area contributed by atoms with Crippen molar-refractivity contribution < 1.29 is 27.1 Å². The van der Waals surface area contributed by atoms with Gasteiger partial charge in [0.2, 0.25) is 21.8 Å². The number of nitrogens with one attached hydrogen (secondary N) is 1. The Bertz CT molecular complexity index is 1370. The van der Waals surface area contributed by atoms with Crippen LogP contribution in [0.1, 0.15) is 35.4 Å². The molecule has 0 bridgehead atoms. The predicted molar refractivity (Wildman–Crippen MR) is 144 cm³/mol. The molecule has 1 unspecified atom stereocenters. The molecule has 11 heteroatoms. The van der Waals surface area contributed by atoms with E-state index in [0.29, 0.717) is 31.7 Å². The number of anilines is 1. The van der Waals surface area contributed by atoms with Crippen LogP contribution >= 0.6 is 11.3 Å². The van der Waals surface area contributed by atoms with Gasteiger partial charge in [-0.1, -0.05) is 12.1 Å². The van der Waals surface area contributed by atoms with Gasteiger partial charge >= 0.3 is 0 Å². The summed E-state index contributed by atoms with van der Waals surface area (Å²) < 4.78 is 47.2. The first kappa shape index (κ1) is 27.9. The first-order valence-electron chi connectivity index (χ1n) is 12.2. The zero-order valence-corrected chi connectivity index (χ0v) is 22.9. The molecule has 38 heavy (non-hydrogen) atoms. The van der Waals surface area contributed by atoms with Crippen LogP contribution in [0, 0.1) is 5.82 Å². The first-order chi connectivity index (χ1) is 18.2. The largest absolute Gasteiger partial charge is 0.385 e. The number of hydrogen-bond donors (Lipinski definition) is 1. The van der Waals surface area contributed by atoms with Gasteiger partial charge in [-0.15, -0.1) is 11.3 Å². The number of nitrogens with zero attached hydrogens (tertiary/aromatic N) is 2. The van der Waals surface area contributed by atoms with Gasteiger partial charge in [-0.05, 0) is 71.8 Å². The van der Waals surface area contributed by atoms with Crippen molar-refractivity contribution in [2.45, 2.75) is 30.7 Å². The van der Waals surface area contributed by atoms with Gasteiger partial charge in [0, 0.05) is 44.3 Å². The molecule has 0 spiro atoms. The van der Waals surface area contributed by atoms with E-state index in [2.05, 4.69) is 5.32 Å². The summed E-state index contributed by atoms with van der Waals surface area (Å²) in [6.07, 6.45) is 1.07. The number of amides is 2. The van der Waals surface area contributed by atoms with Crippen LogP contribution in [-0.4, -0.2) is 62.8 Å². The van der Waals surface area contributed by atoms with Crippen LogP contribution in [0.4, 0.5) is 10.1 Å². The Balaban J connectivity index is 1.62. The van der Waals surface area contributed by atoms with Gasteiger partial charge in [0.1, 0.15) is 5.82 Å². The van der Waals surface area contributed by atoms with Crippen LogP contribution in [0.3, 0.4) is 0 Å². The number of hydrogen-bond acceptors (Lipinski definition) is 6. The Hall–Kier alpha value is -3.12. The van der Waals surface area contributed by atoms with Crippen molar-refractivity contribution in [2.75, 3.05) is 38.7 Å². The Morgan fingerprint density at radius 2 is 1.84 bits per heavy atom. The monoisotopic (exact) mass is 559 g/mol. The molecular formula is C27H30FN3O5S2. The van der Waals surface area contributed by atoms with E-state index in [1.165, 1.54) is 54.7 Å². The number of methoxy groups -OCH3 is 1. The molecule has 2 aromatic carbocycles. The molecule has 1 aromatic heterocycles. The topological polar surface area (TPSA) is 96.0 Å². The average Bonchev–Trinajstić information content (AvgIpc) is 3.37. The highest BCUT2D eigenvalue weighted by molar-refractivity contribution is 7.89. The van der Waals surface area contributed by atoms with Crippen molar-refractivity contribution in [1.29, 1.82) is 0 Å². The maximum atomic E-state index is 13.7. The van der Waals surface area contributed by atoms with Gasteiger partial charge in [-0.25, -0.2) is 12.8 Å². The second kappa shape index (κ2) is 12.2. The Morgan fingerprint density at radius 3 is 2.50 bits per heavy atom. The normalized spacial score (nSPS) is 15.4. The number of carbonyl (C=O) groups is 2. The van der Waals surface area contributed by atoms with E-state index in [1.54, 1.807) is 28.4 Å². The molecular weight excluding hydrogens is 529 g/mol. The highest BCUT2D eigenvalue weighted by Gasteiger charge is 2.35. The first-order valence-corrected chi connectivity index (χ1v) is 14.5. The zero-order valence-electron chi connectivity index (χ0n) is 21.2. The number of benzene rings is 2. The van der Waals surface area contributed by atoms with Gasteiger partial charge in [0.25, 0.3) is 0 Å². The van der Waals surface area contributed by atoms with Crippen molar-refractivity contribution in [3.8, 4) is 0 Å². The third-order valence-electron chi connectivity index (χ3n) is 6.35. The molecule has 2 heterocycles. The number of fused-ring (bicyclic) bond motifs is 1. The van der Waals surface area contributed by atoms with Crippen molar-refractivity contribution in [2.24, 2.45) is 0 Å². The summed E-state index contributed by atoms with van der Waals surface area (Å²) in [5, 5.41) is 4.59. The maximum Gasteiger partial charge on any atom is 0.243 e. The van der Waals surface area contributed by atoms with Gasteiger partial charge in [-0.2, -0.15) is 4.31 Å². The lowest BCUT2D eigenvalue weighted by Gasteiger charge is -2.37. The number of carbonyl (C=O) groups excluding carboxylic acids is 2. The molecule has 0 fully saturated rings. The van der Waals surface area contributed by atoms with Gasteiger partial charge in [-0.3, -0.25) is 9.59 Å². The van der Waals surface area contributed by atoms with E-state index in [9.17, 15) is 22.4 Å². The molecule has 0 aliphatic carbocycles. The van der Waals surface area contributed by atoms with E-state index >= 15 is 0 Å². The van der Waals surface area contributed by atoms with Crippen LogP contribution in [0.5, 0.6) is 0 Å². The summed E-state index contributed by atoms with van der Waals surface area (Å²) in [7, 11) is -2.50. The summed E-state index contributed by atoms with van der Waals surface area (Å²) >= 11 is 1.62. The number of halogens is 1. The number of ether oxygens (including phenoxy) is 1. The Morgan fingerprint density at radius 1 is 1.13 bits per heavy atom. The molecule has 2 amide bonds. The van der Waals surface area contributed by atoms with E-state index in [-0.39, 0.29) is 35.6 Å². The number of thiophene rings is 1. The predicted octanol–water partition coefficient (Wildman–Crippen LogP) is 4.05. The lowest BCUT2D eigenvalue weighted by atomic mass is 9.93. The van der Waals surface area contributed by atoms with Crippen molar-refractivity contribution in [3.05, 3.63) is 81.8 Å². The van der Waals surface area contributed by atoms with Crippen LogP contribution in [-0.2, 0) is 30.8 Å². The summed E-state index contributed by atoms with van der Waals surface area (Å²) in [6, 6.07) is 13.4. The number of rotatable bonds is 10. The van der Waals surface area contributed by atoms with Crippen LogP contribution in [0.25, 0.3) is 0 Å². The third-order valence-corrected chi connectivity index (χ3v) is 9.21. The average molecular weight is 560 g/mol. The highest BCUT2D eigenvalue weighted by atomic mass is 32.2. The summed E-state index contributed by atoms with van der Waals surface area (Å²) in [5.41, 5.74) is 2.21.